The van der Waals surface area contributed by atoms with E-state index in [1.54, 1.807) is 7.11 Å². The molecule has 0 aromatic heterocycles. The predicted molar refractivity (Wildman–Crippen MR) is 78.9 cm³/mol. The van der Waals surface area contributed by atoms with Gasteiger partial charge in [0.25, 0.3) is 0 Å². The molecule has 0 N–H and O–H groups in total. The Balaban J connectivity index is 1.82. The highest BCUT2D eigenvalue weighted by Gasteiger charge is 2.69. The van der Waals surface area contributed by atoms with Gasteiger partial charge in [-0.2, -0.15) is 0 Å². The second-order valence-corrected chi connectivity index (χ2v) is 7.62. The Hall–Kier alpha value is -1.10. The Bertz CT molecular complexity index is 485. The molecule has 1 heterocycles. The zero-order valence-corrected chi connectivity index (χ0v) is 14.0. The van der Waals surface area contributed by atoms with Gasteiger partial charge < -0.3 is 14.2 Å². The van der Waals surface area contributed by atoms with Crippen LogP contribution in [0.15, 0.2) is 0 Å². The van der Waals surface area contributed by atoms with Crippen molar-refractivity contribution in [3.05, 3.63) is 0 Å². The summed E-state index contributed by atoms with van der Waals surface area (Å²) in [5.41, 5.74) is -0.508. The molecule has 2 saturated carbocycles. The first-order chi connectivity index (χ1) is 10.3. The number of carbonyl (C=O) groups is 2. The van der Waals surface area contributed by atoms with E-state index in [0.717, 1.165) is 12.8 Å². The number of esters is 2. The quantitative estimate of drug-likeness (QED) is 0.728. The molecule has 0 amide bonds. The van der Waals surface area contributed by atoms with E-state index in [4.69, 9.17) is 14.2 Å². The Morgan fingerprint density at radius 3 is 2.68 bits per heavy atom. The molecule has 0 aromatic rings. The molecule has 5 nitrogen and oxygen atoms in total. The highest BCUT2D eigenvalue weighted by Crippen LogP contribution is 2.60. The number of ether oxygens (including phenoxy) is 3. The minimum Gasteiger partial charge on any atom is -0.458 e. The third kappa shape index (κ3) is 2.08. The van der Waals surface area contributed by atoms with Crippen LogP contribution in [0.25, 0.3) is 0 Å². The Morgan fingerprint density at radius 1 is 1.41 bits per heavy atom. The van der Waals surface area contributed by atoms with Crippen LogP contribution in [0.3, 0.4) is 0 Å². The standard InChI is InChI=1S/C17H26O5/c1-6-17(3,4)16(19)22-14-9-7-10-12(11(9)8(2)20-5)15(18)21-13(10)14/h8-14H,6-7H2,1-5H3. The maximum absolute atomic E-state index is 12.4. The molecule has 7 unspecified atom stereocenters. The van der Waals surface area contributed by atoms with Crippen molar-refractivity contribution in [3.63, 3.8) is 0 Å². The van der Waals surface area contributed by atoms with Gasteiger partial charge in [-0.15, -0.1) is 0 Å². The highest BCUT2D eigenvalue weighted by molar-refractivity contribution is 5.79. The molecule has 3 fully saturated rings. The van der Waals surface area contributed by atoms with Crippen molar-refractivity contribution in [2.75, 3.05) is 7.11 Å². The minimum absolute atomic E-state index is 0.0352. The average molecular weight is 310 g/mol. The zero-order chi connectivity index (χ0) is 16.2. The van der Waals surface area contributed by atoms with Gasteiger partial charge in [-0.3, -0.25) is 9.59 Å². The normalized spacial score (nSPS) is 40.7. The molecule has 3 aliphatic rings. The molecular weight excluding hydrogens is 284 g/mol. The van der Waals surface area contributed by atoms with Crippen molar-refractivity contribution in [3.8, 4) is 0 Å². The van der Waals surface area contributed by atoms with Crippen LogP contribution in [0.4, 0.5) is 0 Å². The van der Waals surface area contributed by atoms with Crippen molar-refractivity contribution in [1.82, 2.24) is 0 Å². The van der Waals surface area contributed by atoms with Crippen molar-refractivity contribution in [2.24, 2.45) is 29.1 Å². The van der Waals surface area contributed by atoms with Crippen molar-refractivity contribution in [1.29, 1.82) is 0 Å². The van der Waals surface area contributed by atoms with Crippen LogP contribution >= 0.6 is 0 Å². The molecule has 1 saturated heterocycles. The van der Waals surface area contributed by atoms with Gasteiger partial charge in [0, 0.05) is 24.9 Å². The second kappa shape index (κ2) is 5.22. The molecule has 2 aliphatic carbocycles. The summed E-state index contributed by atoms with van der Waals surface area (Å²) in [6.07, 6.45) is 1.02. The smallest absolute Gasteiger partial charge is 0.311 e. The number of rotatable bonds is 5. The molecule has 7 atom stereocenters. The van der Waals surface area contributed by atoms with Crippen LogP contribution < -0.4 is 0 Å². The van der Waals surface area contributed by atoms with E-state index in [9.17, 15) is 9.59 Å². The van der Waals surface area contributed by atoms with Gasteiger partial charge in [0.15, 0.2) is 0 Å². The van der Waals surface area contributed by atoms with Crippen LogP contribution in [0, 0.1) is 29.1 Å². The third-order valence-electron chi connectivity index (χ3n) is 6.20. The molecule has 3 rings (SSSR count). The fourth-order valence-corrected chi connectivity index (χ4v) is 4.43. The van der Waals surface area contributed by atoms with Gasteiger partial charge in [-0.25, -0.2) is 0 Å². The van der Waals surface area contributed by atoms with E-state index in [1.165, 1.54) is 0 Å². The lowest BCUT2D eigenvalue weighted by Crippen LogP contribution is -2.45. The first kappa shape index (κ1) is 15.8. The monoisotopic (exact) mass is 310 g/mol. The number of methoxy groups -OCH3 is 1. The van der Waals surface area contributed by atoms with Gasteiger partial charge in [-0.1, -0.05) is 6.92 Å². The molecule has 5 heteroatoms. The van der Waals surface area contributed by atoms with Crippen molar-refractivity contribution >= 4 is 11.9 Å². The lowest BCUT2D eigenvalue weighted by molar-refractivity contribution is -0.172. The number of hydrogen-bond acceptors (Lipinski definition) is 5. The largest absolute Gasteiger partial charge is 0.458 e. The van der Waals surface area contributed by atoms with Gasteiger partial charge in [-0.05, 0) is 33.6 Å². The summed E-state index contributed by atoms with van der Waals surface area (Å²) in [7, 11) is 1.66. The molecule has 1 aliphatic heterocycles. The molecule has 124 valence electrons. The molecule has 22 heavy (non-hydrogen) atoms. The van der Waals surface area contributed by atoms with Gasteiger partial charge in [0.1, 0.15) is 12.2 Å². The summed E-state index contributed by atoms with van der Waals surface area (Å²) in [6, 6.07) is 0. The van der Waals surface area contributed by atoms with Crippen molar-refractivity contribution in [2.45, 2.75) is 58.8 Å². The van der Waals surface area contributed by atoms with Crippen LogP contribution in [0.1, 0.15) is 40.5 Å². The van der Waals surface area contributed by atoms with Gasteiger partial charge in [0.05, 0.1) is 17.4 Å². The zero-order valence-electron chi connectivity index (χ0n) is 14.0. The minimum atomic E-state index is -0.508. The summed E-state index contributed by atoms with van der Waals surface area (Å²) in [5.74, 6) is 0.0130. The highest BCUT2D eigenvalue weighted by atomic mass is 16.6. The Kier molecular flexibility index (Phi) is 3.75. The van der Waals surface area contributed by atoms with E-state index < -0.39 is 5.41 Å². The first-order valence-electron chi connectivity index (χ1n) is 8.26. The van der Waals surface area contributed by atoms with E-state index in [-0.39, 0.29) is 53.9 Å². The average Bonchev–Trinajstić information content (AvgIpc) is 3.09. The predicted octanol–water partition coefficient (Wildman–Crippen LogP) is 2.18. The molecule has 0 aromatic carbocycles. The van der Waals surface area contributed by atoms with E-state index in [1.807, 2.05) is 27.7 Å². The van der Waals surface area contributed by atoms with Crippen molar-refractivity contribution < 1.29 is 23.8 Å². The fourth-order valence-electron chi connectivity index (χ4n) is 4.43. The summed E-state index contributed by atoms with van der Waals surface area (Å²) in [4.78, 5) is 24.6. The molecular formula is C17H26O5. The second-order valence-electron chi connectivity index (χ2n) is 7.62. The fraction of sp³-hybridized carbons (Fsp3) is 0.882. The lowest BCUT2D eigenvalue weighted by atomic mass is 9.75. The maximum Gasteiger partial charge on any atom is 0.311 e. The maximum atomic E-state index is 12.4. The number of hydrogen-bond donors (Lipinski definition) is 0. The Labute approximate surface area is 131 Å². The third-order valence-corrected chi connectivity index (χ3v) is 6.20. The van der Waals surface area contributed by atoms with Crippen LogP contribution in [-0.2, 0) is 23.8 Å². The SMILES string of the molecule is CCC(C)(C)C(=O)OC1C2CC3C1OC(=O)C3C2C(C)OC. The molecule has 0 spiro atoms. The topological polar surface area (TPSA) is 61.8 Å². The summed E-state index contributed by atoms with van der Waals surface area (Å²) < 4.78 is 16.9. The Morgan fingerprint density at radius 2 is 2.09 bits per heavy atom. The van der Waals surface area contributed by atoms with Gasteiger partial charge >= 0.3 is 11.9 Å². The van der Waals surface area contributed by atoms with Crippen LogP contribution in [0.2, 0.25) is 0 Å². The van der Waals surface area contributed by atoms with Crippen LogP contribution in [-0.4, -0.2) is 37.4 Å². The number of fused-ring (bicyclic) bond motifs is 1. The first-order valence-corrected chi connectivity index (χ1v) is 8.26. The molecule has 2 bridgehead atoms. The lowest BCUT2D eigenvalue weighted by Gasteiger charge is -2.35. The van der Waals surface area contributed by atoms with E-state index in [0.29, 0.717) is 0 Å². The molecule has 0 radical (unpaired) electrons. The van der Waals surface area contributed by atoms with E-state index in [2.05, 4.69) is 0 Å². The van der Waals surface area contributed by atoms with Crippen LogP contribution in [0.5, 0.6) is 0 Å². The summed E-state index contributed by atoms with van der Waals surface area (Å²) in [6.45, 7) is 7.74. The van der Waals surface area contributed by atoms with Gasteiger partial charge in [0.2, 0.25) is 0 Å². The van der Waals surface area contributed by atoms with E-state index >= 15 is 0 Å². The summed E-state index contributed by atoms with van der Waals surface area (Å²) in [5, 5.41) is 0. The number of carbonyl (C=O) groups excluding carboxylic acids is 2. The summed E-state index contributed by atoms with van der Waals surface area (Å²) >= 11 is 0.